The molecule has 5 atom stereocenters. The Hall–Kier alpha value is -1.94. The van der Waals surface area contributed by atoms with Crippen molar-refractivity contribution in [3.63, 3.8) is 0 Å². The van der Waals surface area contributed by atoms with Gasteiger partial charge in [-0.05, 0) is 31.6 Å². The molecule has 0 aliphatic carbocycles. The first-order chi connectivity index (χ1) is 51.0. The van der Waals surface area contributed by atoms with Gasteiger partial charge in [0, 0.05) is 25.7 Å². The molecule has 0 aromatic heterocycles. The summed E-state index contributed by atoms with van der Waals surface area (Å²) >= 11 is 0. The number of hydrogen-bond acceptors (Lipinski definition) is 15. The lowest BCUT2D eigenvalue weighted by atomic mass is 10.0. The van der Waals surface area contributed by atoms with Crippen molar-refractivity contribution >= 4 is 39.5 Å². The largest absolute Gasteiger partial charge is 0.472 e. The monoisotopic (exact) mass is 1540 g/mol. The third-order valence-corrected chi connectivity index (χ3v) is 22.2. The second-order valence-corrected chi connectivity index (χ2v) is 34.3. The van der Waals surface area contributed by atoms with Gasteiger partial charge in [0.2, 0.25) is 0 Å². The second kappa shape index (κ2) is 78.7. The van der Waals surface area contributed by atoms with E-state index in [4.69, 9.17) is 37.0 Å². The molecule has 19 heteroatoms. The number of phosphoric ester groups is 2. The van der Waals surface area contributed by atoms with E-state index in [9.17, 15) is 43.2 Å². The van der Waals surface area contributed by atoms with Gasteiger partial charge in [0.25, 0.3) is 0 Å². The SMILES string of the molecule is CCCCCCCCCCCCCCCCCCCCCCC(=O)O[C@H](COC(=O)CCCCCCCCCCCCCCCCCC(C)C)COP(=O)(O)OC[C@@H](O)COP(=O)(O)OC[C@@H](COC(=O)CCCCCCCCCCCCCC)OC(=O)CCCCCCCCCCCCCCCCC. The number of aliphatic hydroxyl groups is 1. The Morgan fingerprint density at radius 1 is 0.257 bits per heavy atom. The van der Waals surface area contributed by atoms with Gasteiger partial charge in [-0.3, -0.25) is 37.3 Å². The van der Waals surface area contributed by atoms with Gasteiger partial charge in [-0.25, -0.2) is 9.13 Å². The Kier molecular flexibility index (Phi) is 77.3. The van der Waals surface area contributed by atoms with E-state index in [1.165, 1.54) is 289 Å². The van der Waals surface area contributed by atoms with E-state index in [-0.39, 0.29) is 25.7 Å². The molecule has 0 aliphatic heterocycles. The van der Waals surface area contributed by atoms with E-state index in [1.54, 1.807) is 0 Å². The molecule has 2 unspecified atom stereocenters. The zero-order valence-electron chi connectivity index (χ0n) is 68.9. The van der Waals surface area contributed by atoms with Crippen molar-refractivity contribution in [2.24, 2.45) is 5.92 Å². The molecular weight excluding hydrogens is 1370 g/mol. The highest BCUT2D eigenvalue weighted by molar-refractivity contribution is 7.47. The lowest BCUT2D eigenvalue weighted by molar-refractivity contribution is -0.161. The summed E-state index contributed by atoms with van der Waals surface area (Å²) in [4.78, 5) is 73.2. The maximum atomic E-state index is 13.1. The standard InChI is InChI=1S/C86H168O17P2/c1-6-9-12-15-18-21-24-27-29-30-31-32-33-37-42-47-52-57-62-67-72-86(91)103-82(76-97-84(89)70-65-60-55-50-45-40-38-34-36-39-43-48-53-58-63-68-79(4)5)78-101-105(94,95)99-74-80(87)73-98-104(92,93)100-77-81(75-96-83(88)69-64-59-54-49-44-26-23-20-17-14-11-8-3)102-85(90)71-66-61-56-51-46-41-35-28-25-22-19-16-13-10-7-2/h79-82,87H,6-78H2,1-5H3,(H,92,93)(H,94,95)/t80-,81+,82+/m0/s1. The van der Waals surface area contributed by atoms with Crippen molar-refractivity contribution in [2.75, 3.05) is 39.6 Å². The van der Waals surface area contributed by atoms with Crippen LogP contribution < -0.4 is 0 Å². The molecule has 0 amide bonds. The first-order valence-electron chi connectivity index (χ1n) is 44.6. The van der Waals surface area contributed by atoms with Crippen molar-refractivity contribution < 1.29 is 80.2 Å². The molecule has 0 saturated heterocycles. The summed E-state index contributed by atoms with van der Waals surface area (Å²) in [5.41, 5.74) is 0. The molecule has 17 nitrogen and oxygen atoms in total. The summed E-state index contributed by atoms with van der Waals surface area (Å²) in [5.74, 6) is -1.29. The highest BCUT2D eigenvalue weighted by Gasteiger charge is 2.30. The minimum absolute atomic E-state index is 0.109. The average molecular weight is 1540 g/mol. The second-order valence-electron chi connectivity index (χ2n) is 31.4. The van der Waals surface area contributed by atoms with Gasteiger partial charge in [0.05, 0.1) is 26.4 Å². The predicted octanol–water partition coefficient (Wildman–Crippen LogP) is 26.4. The van der Waals surface area contributed by atoms with E-state index in [2.05, 4.69) is 34.6 Å². The smallest absolute Gasteiger partial charge is 0.462 e. The molecule has 0 rings (SSSR count). The summed E-state index contributed by atoms with van der Waals surface area (Å²) in [5, 5.41) is 10.7. The van der Waals surface area contributed by atoms with Crippen LogP contribution in [0, 0.1) is 5.92 Å². The number of carbonyl (C=O) groups excluding carboxylic acids is 4. The molecule has 0 fully saturated rings. The molecule has 0 saturated carbocycles. The highest BCUT2D eigenvalue weighted by Crippen LogP contribution is 2.45. The first kappa shape index (κ1) is 103. The van der Waals surface area contributed by atoms with Gasteiger partial charge >= 0.3 is 39.5 Å². The summed E-state index contributed by atoms with van der Waals surface area (Å²) < 4.78 is 68.9. The molecule has 0 heterocycles. The van der Waals surface area contributed by atoms with Crippen LogP contribution in [0.15, 0.2) is 0 Å². The maximum absolute atomic E-state index is 13.1. The number of ether oxygens (including phenoxy) is 4. The van der Waals surface area contributed by atoms with Crippen LogP contribution in [-0.4, -0.2) is 96.7 Å². The van der Waals surface area contributed by atoms with Crippen molar-refractivity contribution in [1.29, 1.82) is 0 Å². The van der Waals surface area contributed by atoms with Crippen LogP contribution in [0.4, 0.5) is 0 Å². The summed E-state index contributed by atoms with van der Waals surface area (Å²) in [7, 11) is -9.93. The first-order valence-corrected chi connectivity index (χ1v) is 47.6. The molecule has 0 aliphatic rings. The van der Waals surface area contributed by atoms with Gasteiger partial charge in [-0.15, -0.1) is 0 Å². The van der Waals surface area contributed by atoms with Crippen LogP contribution in [0.25, 0.3) is 0 Å². The third-order valence-electron chi connectivity index (χ3n) is 20.3. The predicted molar refractivity (Wildman–Crippen MR) is 432 cm³/mol. The Bertz CT molecular complexity index is 2000. The molecule has 105 heavy (non-hydrogen) atoms. The van der Waals surface area contributed by atoms with Crippen LogP contribution in [-0.2, 0) is 65.4 Å². The minimum Gasteiger partial charge on any atom is -0.462 e. The van der Waals surface area contributed by atoms with E-state index >= 15 is 0 Å². The fourth-order valence-corrected chi connectivity index (χ4v) is 15.1. The summed E-state index contributed by atoms with van der Waals surface area (Å²) in [6, 6.07) is 0. The van der Waals surface area contributed by atoms with Gasteiger partial charge in [-0.1, -0.05) is 413 Å². The molecule has 0 aromatic rings. The lowest BCUT2D eigenvalue weighted by Gasteiger charge is -2.21. The quantitative estimate of drug-likeness (QED) is 0.0222. The topological polar surface area (TPSA) is 237 Å². The van der Waals surface area contributed by atoms with Gasteiger partial charge in [-0.2, -0.15) is 0 Å². The van der Waals surface area contributed by atoms with E-state index < -0.39 is 97.5 Å². The van der Waals surface area contributed by atoms with Crippen molar-refractivity contribution in [3.8, 4) is 0 Å². The number of aliphatic hydroxyl groups excluding tert-OH is 1. The highest BCUT2D eigenvalue weighted by atomic mass is 31.2. The fourth-order valence-electron chi connectivity index (χ4n) is 13.5. The van der Waals surface area contributed by atoms with Crippen LogP contribution in [0.3, 0.4) is 0 Å². The molecule has 0 aromatic carbocycles. The number of rotatable bonds is 86. The van der Waals surface area contributed by atoms with Crippen molar-refractivity contribution in [3.05, 3.63) is 0 Å². The molecule has 0 spiro atoms. The molecule has 0 bridgehead atoms. The Labute approximate surface area is 645 Å². The molecular formula is C86H168O17P2. The van der Waals surface area contributed by atoms with Crippen LogP contribution in [0.1, 0.15) is 465 Å². The fraction of sp³-hybridized carbons (Fsp3) is 0.953. The number of unbranched alkanes of at least 4 members (excludes halogenated alkanes) is 58. The van der Waals surface area contributed by atoms with E-state index in [0.29, 0.717) is 25.7 Å². The van der Waals surface area contributed by atoms with E-state index in [0.717, 1.165) is 95.8 Å². The van der Waals surface area contributed by atoms with Crippen molar-refractivity contribution in [2.45, 2.75) is 483 Å². The summed E-state index contributed by atoms with van der Waals surface area (Å²) in [6.45, 7) is 7.40. The Morgan fingerprint density at radius 3 is 0.648 bits per heavy atom. The zero-order valence-corrected chi connectivity index (χ0v) is 70.7. The maximum Gasteiger partial charge on any atom is 0.472 e. The number of carbonyl (C=O) groups is 4. The Morgan fingerprint density at radius 2 is 0.438 bits per heavy atom. The van der Waals surface area contributed by atoms with Gasteiger partial charge in [0.1, 0.15) is 19.3 Å². The summed E-state index contributed by atoms with van der Waals surface area (Å²) in [6.07, 6.45) is 72.1. The van der Waals surface area contributed by atoms with E-state index in [1.807, 2.05) is 0 Å². The Balaban J connectivity index is 5.25. The lowest BCUT2D eigenvalue weighted by Crippen LogP contribution is -2.30. The number of hydrogen-bond donors (Lipinski definition) is 3. The third kappa shape index (κ3) is 79.9. The zero-order chi connectivity index (χ0) is 76.9. The van der Waals surface area contributed by atoms with Crippen LogP contribution >= 0.6 is 15.6 Å². The average Bonchev–Trinajstić information content (AvgIpc) is 0.910. The van der Waals surface area contributed by atoms with Gasteiger partial charge < -0.3 is 33.8 Å². The molecule has 0 radical (unpaired) electrons. The number of phosphoric acid groups is 2. The number of esters is 4. The molecule has 3 N–H and O–H groups in total. The van der Waals surface area contributed by atoms with Crippen LogP contribution in [0.2, 0.25) is 0 Å². The minimum atomic E-state index is -4.97. The van der Waals surface area contributed by atoms with Crippen LogP contribution in [0.5, 0.6) is 0 Å². The molecule has 624 valence electrons. The van der Waals surface area contributed by atoms with Crippen molar-refractivity contribution in [1.82, 2.24) is 0 Å². The normalized spacial score (nSPS) is 13.8. The van der Waals surface area contributed by atoms with Gasteiger partial charge in [0.15, 0.2) is 12.2 Å².